The van der Waals surface area contributed by atoms with E-state index in [9.17, 15) is 0 Å². The molecule has 0 bridgehead atoms. The molecule has 0 saturated heterocycles. The number of unbranched alkanes of at least 4 members (excludes halogenated alkanes) is 54. The van der Waals surface area contributed by atoms with E-state index in [0.29, 0.717) is 19.8 Å². The number of aryl methyl sites for hydroxylation is 6. The lowest BCUT2D eigenvalue weighted by Crippen LogP contribution is -2.19. The molecule has 788 valence electrons. The van der Waals surface area contributed by atoms with E-state index in [4.69, 9.17) is 40.7 Å². The van der Waals surface area contributed by atoms with Gasteiger partial charge >= 0.3 is 25.8 Å². The second-order valence-corrected chi connectivity index (χ2v) is 48.3. The molecule has 0 fully saturated rings. The fraction of sp³-hybridized carbons (Fsp3) is 0.717. The lowest BCUT2D eigenvalue weighted by atomic mass is 9.74. The fourth-order valence-electron chi connectivity index (χ4n) is 19.9. The number of hydrogen-bond donors (Lipinski definition) is 0. The van der Waals surface area contributed by atoms with Crippen LogP contribution in [0, 0.1) is 20.8 Å². The Labute approximate surface area is 861 Å². The summed E-state index contributed by atoms with van der Waals surface area (Å²) in [5.41, 5.74) is 13.7. The molecular weight excluding hydrogens is 1760 g/mol. The van der Waals surface area contributed by atoms with Crippen LogP contribution in [0.5, 0.6) is 34.5 Å². The highest BCUT2D eigenvalue weighted by atomic mass is 31.2. The Bertz CT molecular complexity index is 3890. The monoisotopic (exact) mass is 1970 g/mol. The highest BCUT2D eigenvalue weighted by molar-refractivity contribution is 7.43. The van der Waals surface area contributed by atoms with Crippen molar-refractivity contribution >= 4 is 25.8 Å². The summed E-state index contributed by atoms with van der Waals surface area (Å²) in [6, 6.07) is 40.8. The van der Waals surface area contributed by atoms with Gasteiger partial charge in [0.05, 0.1) is 19.8 Å². The van der Waals surface area contributed by atoms with Crippen molar-refractivity contribution in [3.8, 4) is 34.5 Å². The molecule has 0 aliphatic carbocycles. The zero-order valence-corrected chi connectivity index (χ0v) is 96.1. The van der Waals surface area contributed by atoms with Gasteiger partial charge in [-0.05, 0) is 212 Å². The van der Waals surface area contributed by atoms with Gasteiger partial charge in [0.2, 0.25) is 0 Å². The summed E-state index contributed by atoms with van der Waals surface area (Å²) in [5.74, 6) is 4.88. The first-order valence-corrected chi connectivity index (χ1v) is 61.8. The van der Waals surface area contributed by atoms with Gasteiger partial charge in [-0.15, -0.1) is 0 Å². The molecule has 0 N–H and O–H groups in total. The fourth-order valence-corrected chi connectivity index (χ4v) is 22.9. The standard InChI is InChI=1S/C127H211O9P3/c1-20-26-32-38-44-47-50-53-56-59-62-65-71-77-92-128-137(131-112-89-80-86-109(99-112)83-74-68-41-35-29-23-4)134-122-96-106(8)115(102-119(122)125(11,12)13)105(7)95-118(116-103-120(126(14,15)16)123(97-107(116)9)135-138(132-113-90-81-87-110(100-113)84-75-69-42-36-30-24-5)129-93-78-72-66-63-60-57-54-51-48-45-39-33-27-21-2)117-104-121(127(17,18)19)124(98-108(117)10)136-139(133-114-91-82-88-111(101-114)85-76-70-43-37-31-25-6)130-94-79-73-67-64-61-58-55-52-49-46-40-34-28-22-3/h80-82,86-91,96-105,118H,20-79,83-85,92-95H2,1-19H3. The quantitative estimate of drug-likeness (QED) is 0.0274. The Kier molecular flexibility index (Phi) is 66.4. The topological polar surface area (TPSA) is 83.1 Å². The molecule has 0 amide bonds. The van der Waals surface area contributed by atoms with E-state index < -0.39 is 25.8 Å². The lowest BCUT2D eigenvalue weighted by molar-refractivity contribution is 0.256. The molecule has 0 heterocycles. The van der Waals surface area contributed by atoms with Crippen LogP contribution >= 0.6 is 25.8 Å². The van der Waals surface area contributed by atoms with E-state index in [1.165, 1.54) is 397 Å². The molecule has 139 heavy (non-hydrogen) atoms. The molecule has 6 aromatic carbocycles. The summed E-state index contributed by atoms with van der Waals surface area (Å²) in [6.07, 6.45) is 81.6. The summed E-state index contributed by atoms with van der Waals surface area (Å²) < 4.78 is 64.3. The lowest BCUT2D eigenvalue weighted by Gasteiger charge is -2.33. The molecule has 4 atom stereocenters. The third-order valence-corrected chi connectivity index (χ3v) is 32.0. The Balaban J connectivity index is 1.42. The maximum atomic E-state index is 7.43. The first kappa shape index (κ1) is 123. The van der Waals surface area contributed by atoms with Gasteiger partial charge in [0.25, 0.3) is 0 Å². The zero-order chi connectivity index (χ0) is 100. The molecule has 0 aromatic heterocycles. The average molecular weight is 1970 g/mol. The highest BCUT2D eigenvalue weighted by Crippen LogP contribution is 2.53. The third-order valence-electron chi connectivity index (χ3n) is 28.7. The molecule has 0 aliphatic heterocycles. The van der Waals surface area contributed by atoms with Gasteiger partial charge in [-0.1, -0.05) is 512 Å². The van der Waals surface area contributed by atoms with Gasteiger partial charge in [0.15, 0.2) is 0 Å². The molecule has 0 saturated carbocycles. The van der Waals surface area contributed by atoms with Crippen molar-refractivity contribution in [1.82, 2.24) is 0 Å². The first-order valence-electron chi connectivity index (χ1n) is 58.5. The van der Waals surface area contributed by atoms with Gasteiger partial charge in [0.1, 0.15) is 34.5 Å². The smallest absolute Gasteiger partial charge is 0.418 e. The van der Waals surface area contributed by atoms with E-state index >= 15 is 0 Å². The SMILES string of the molecule is CCCCCCCCCCCCCCCCOP(Oc1cccc(CCCCCCCC)c1)Oc1cc(C)c(C(C)CC(c2cc(C(C)(C)C)c(OP(OCCCCCCCCCCCCCCCC)Oc3cccc(CCCCCCCC)c3)cc2C)c2cc(C(C)(C)C)c(OP(OCCCCCCCCCCCCCCCC)Oc3cccc(CCCCCCCC)c3)cc2C)cc1C(C)(C)C. The molecule has 0 radical (unpaired) electrons. The molecule has 6 rings (SSSR count). The van der Waals surface area contributed by atoms with Crippen LogP contribution in [0.1, 0.15) is 581 Å². The molecule has 12 heteroatoms. The third kappa shape index (κ3) is 54.0. The second-order valence-electron chi connectivity index (χ2n) is 45.1. The number of hydrogen-bond acceptors (Lipinski definition) is 9. The summed E-state index contributed by atoms with van der Waals surface area (Å²) in [5, 5.41) is 0. The minimum absolute atomic E-state index is 0.0772. The predicted octanol–water partition coefficient (Wildman–Crippen LogP) is 44.1. The maximum Gasteiger partial charge on any atom is 0.463 e. The van der Waals surface area contributed by atoms with Gasteiger partial charge in [-0.2, -0.15) is 0 Å². The highest BCUT2D eigenvalue weighted by Gasteiger charge is 2.35. The average Bonchev–Trinajstić information content (AvgIpc) is 0.758. The summed E-state index contributed by atoms with van der Waals surface area (Å²) in [6.45, 7) is 46.0. The molecule has 9 nitrogen and oxygen atoms in total. The van der Waals surface area contributed by atoms with Gasteiger partial charge in [-0.3, -0.25) is 13.6 Å². The number of rotatable bonds is 86. The minimum Gasteiger partial charge on any atom is -0.418 e. The van der Waals surface area contributed by atoms with Crippen molar-refractivity contribution in [3.63, 3.8) is 0 Å². The Morgan fingerprint density at radius 1 is 0.230 bits per heavy atom. The van der Waals surface area contributed by atoms with E-state index in [1.54, 1.807) is 0 Å². The van der Waals surface area contributed by atoms with Gasteiger partial charge < -0.3 is 27.1 Å². The Hall–Kier alpha value is -4.71. The summed E-state index contributed by atoms with van der Waals surface area (Å²) >= 11 is 0. The van der Waals surface area contributed by atoms with Crippen molar-refractivity contribution in [3.05, 3.63) is 176 Å². The van der Waals surface area contributed by atoms with Crippen molar-refractivity contribution < 1.29 is 40.7 Å². The van der Waals surface area contributed by atoms with Crippen LogP contribution in [0.2, 0.25) is 0 Å². The Morgan fingerprint density at radius 3 is 0.655 bits per heavy atom. The molecule has 0 spiro atoms. The van der Waals surface area contributed by atoms with Crippen LogP contribution in [-0.2, 0) is 49.1 Å². The maximum absolute atomic E-state index is 7.43. The van der Waals surface area contributed by atoms with Crippen LogP contribution in [0.15, 0.2) is 109 Å². The summed E-state index contributed by atoms with van der Waals surface area (Å²) in [4.78, 5) is 0. The van der Waals surface area contributed by atoms with E-state index in [0.717, 1.165) is 115 Å². The van der Waals surface area contributed by atoms with Crippen molar-refractivity contribution in [2.24, 2.45) is 0 Å². The normalized spacial score (nSPS) is 13.1. The number of benzene rings is 6. The molecule has 6 aromatic rings. The Morgan fingerprint density at radius 2 is 0.432 bits per heavy atom. The van der Waals surface area contributed by atoms with Crippen molar-refractivity contribution in [2.45, 2.75) is 571 Å². The van der Waals surface area contributed by atoms with Crippen LogP contribution in [0.3, 0.4) is 0 Å². The van der Waals surface area contributed by atoms with Gasteiger partial charge in [-0.25, -0.2) is 0 Å². The van der Waals surface area contributed by atoms with Gasteiger partial charge in [0, 0.05) is 22.6 Å². The summed E-state index contributed by atoms with van der Waals surface area (Å²) in [7, 11) is -5.55. The van der Waals surface area contributed by atoms with Crippen molar-refractivity contribution in [2.75, 3.05) is 19.8 Å². The molecule has 0 aliphatic rings. The largest absolute Gasteiger partial charge is 0.463 e. The second kappa shape index (κ2) is 75.1. The van der Waals surface area contributed by atoms with Crippen LogP contribution in [-0.4, -0.2) is 19.8 Å². The van der Waals surface area contributed by atoms with Crippen molar-refractivity contribution in [1.29, 1.82) is 0 Å². The first-order chi connectivity index (χ1) is 67.4. The van der Waals surface area contributed by atoms with Crippen LogP contribution < -0.4 is 27.1 Å². The molecular formula is C127H211O9P3. The minimum atomic E-state index is -1.86. The van der Waals surface area contributed by atoms with E-state index in [1.807, 2.05) is 0 Å². The van der Waals surface area contributed by atoms with Crippen LogP contribution in [0.4, 0.5) is 0 Å². The predicted molar refractivity (Wildman–Crippen MR) is 608 cm³/mol. The van der Waals surface area contributed by atoms with Crippen LogP contribution in [0.25, 0.3) is 0 Å². The van der Waals surface area contributed by atoms with E-state index in [-0.39, 0.29) is 28.1 Å². The van der Waals surface area contributed by atoms with E-state index in [2.05, 4.69) is 241 Å². The zero-order valence-electron chi connectivity index (χ0n) is 93.4. The molecule has 4 unspecified atom stereocenters.